The fraction of sp³-hybridized carbons (Fsp3) is 0.280. The zero-order chi connectivity index (χ0) is 23.7. The quantitative estimate of drug-likeness (QED) is 0.551. The second-order valence-electron chi connectivity index (χ2n) is 8.11. The first-order valence-corrected chi connectivity index (χ1v) is 11.0. The third-order valence-corrected chi connectivity index (χ3v) is 5.76. The normalized spacial score (nSPS) is 18.4. The number of benzene rings is 2. The highest BCUT2D eigenvalue weighted by Crippen LogP contribution is 2.37. The van der Waals surface area contributed by atoms with Gasteiger partial charge in [0.2, 0.25) is 0 Å². The molecule has 0 spiro atoms. The Hall–Kier alpha value is -3.88. The molecule has 1 fully saturated rings. The van der Waals surface area contributed by atoms with E-state index in [1.54, 1.807) is 18.3 Å². The van der Waals surface area contributed by atoms with E-state index in [0.29, 0.717) is 23.8 Å². The third-order valence-electron chi connectivity index (χ3n) is 5.76. The first-order chi connectivity index (χ1) is 16.5. The van der Waals surface area contributed by atoms with Gasteiger partial charge < -0.3 is 23.8 Å². The maximum atomic E-state index is 14.5. The Labute approximate surface area is 195 Å². The summed E-state index contributed by atoms with van der Waals surface area (Å²) >= 11 is 0. The Morgan fingerprint density at radius 2 is 2.00 bits per heavy atom. The maximum Gasteiger partial charge on any atom is 0.178 e. The molecule has 0 aliphatic carbocycles. The van der Waals surface area contributed by atoms with Crippen LogP contribution < -0.4 is 14.4 Å². The fourth-order valence-electron chi connectivity index (χ4n) is 4.23. The molecule has 176 valence electrons. The van der Waals surface area contributed by atoms with Gasteiger partial charge >= 0.3 is 0 Å². The number of methoxy groups -OCH3 is 1. The molecule has 2 aliphatic rings. The minimum absolute atomic E-state index is 0.00231. The molecule has 9 heteroatoms. The number of aromatic nitrogens is 2. The van der Waals surface area contributed by atoms with Crippen LogP contribution in [-0.4, -0.2) is 42.3 Å². The minimum Gasteiger partial charge on any atom is -0.495 e. The molecule has 0 N–H and O–H groups in total. The molecule has 0 saturated carbocycles. The summed E-state index contributed by atoms with van der Waals surface area (Å²) in [6, 6.07) is 7.97. The van der Waals surface area contributed by atoms with Crippen LogP contribution in [0.5, 0.6) is 11.5 Å². The summed E-state index contributed by atoms with van der Waals surface area (Å²) in [7, 11) is 1.62. The molecule has 0 radical (unpaired) electrons. The minimum atomic E-state index is -0.748. The summed E-state index contributed by atoms with van der Waals surface area (Å²) in [5, 5.41) is 4.32. The Morgan fingerprint density at radius 3 is 2.79 bits per heavy atom. The van der Waals surface area contributed by atoms with Crippen molar-refractivity contribution in [2.75, 3.05) is 31.8 Å². The van der Waals surface area contributed by atoms with Crippen LogP contribution >= 0.6 is 0 Å². The number of piperidine rings is 1. The Bertz CT molecular complexity index is 1290. The number of rotatable bonds is 3. The van der Waals surface area contributed by atoms with Crippen molar-refractivity contribution in [1.82, 2.24) is 9.55 Å². The largest absolute Gasteiger partial charge is 0.495 e. The summed E-state index contributed by atoms with van der Waals surface area (Å²) in [5.41, 5.74) is 3.87. The highest BCUT2D eigenvalue weighted by atomic mass is 19.1. The van der Waals surface area contributed by atoms with E-state index in [1.165, 1.54) is 6.07 Å². The average Bonchev–Trinajstić information content (AvgIpc) is 3.28. The molecule has 0 amide bonds. The smallest absolute Gasteiger partial charge is 0.178 e. The van der Waals surface area contributed by atoms with Gasteiger partial charge in [-0.3, -0.25) is 0 Å². The first kappa shape index (κ1) is 21.9. The van der Waals surface area contributed by atoms with Crippen molar-refractivity contribution in [1.29, 1.82) is 0 Å². The predicted molar refractivity (Wildman–Crippen MR) is 125 cm³/mol. The SMILES string of the molecule is COc1cc(/C=C2\CCCN3\C2=N/OCCOc2c(F)cc(F)cc23)ccc1-n1cnc(C)c1. The lowest BCUT2D eigenvalue weighted by Crippen LogP contribution is -2.37. The van der Waals surface area contributed by atoms with E-state index in [-0.39, 0.29) is 19.0 Å². The predicted octanol–water partition coefficient (Wildman–Crippen LogP) is 4.87. The number of nitrogens with zero attached hydrogens (tertiary/aromatic N) is 4. The number of aryl methyl sites for hydroxylation is 1. The Balaban J connectivity index is 1.55. The number of oxime groups is 1. The summed E-state index contributed by atoms with van der Waals surface area (Å²) in [6.45, 7) is 2.71. The van der Waals surface area contributed by atoms with Crippen LogP contribution in [0.15, 0.2) is 53.6 Å². The van der Waals surface area contributed by atoms with Gasteiger partial charge in [0.25, 0.3) is 0 Å². The van der Waals surface area contributed by atoms with E-state index in [4.69, 9.17) is 14.3 Å². The molecule has 2 aliphatic heterocycles. The fourth-order valence-corrected chi connectivity index (χ4v) is 4.23. The number of ether oxygens (including phenoxy) is 2. The van der Waals surface area contributed by atoms with Gasteiger partial charge in [-0.1, -0.05) is 11.2 Å². The second kappa shape index (κ2) is 9.17. The van der Waals surface area contributed by atoms with E-state index < -0.39 is 11.6 Å². The van der Waals surface area contributed by atoms with E-state index in [9.17, 15) is 8.78 Å². The zero-order valence-electron chi connectivity index (χ0n) is 18.9. The third kappa shape index (κ3) is 4.21. The van der Waals surface area contributed by atoms with E-state index in [2.05, 4.69) is 10.1 Å². The molecule has 1 aromatic heterocycles. The van der Waals surface area contributed by atoms with Crippen molar-refractivity contribution in [3.8, 4) is 17.2 Å². The lowest BCUT2D eigenvalue weighted by atomic mass is 9.99. The highest BCUT2D eigenvalue weighted by molar-refractivity contribution is 6.13. The van der Waals surface area contributed by atoms with Crippen LogP contribution in [0, 0.1) is 18.6 Å². The van der Waals surface area contributed by atoms with E-state index >= 15 is 0 Å². The lowest BCUT2D eigenvalue weighted by Gasteiger charge is -2.32. The van der Waals surface area contributed by atoms with Crippen LogP contribution in [0.25, 0.3) is 11.8 Å². The monoisotopic (exact) mass is 466 g/mol. The molecule has 0 atom stereocenters. The lowest BCUT2D eigenvalue weighted by molar-refractivity contribution is 0.107. The summed E-state index contributed by atoms with van der Waals surface area (Å²) in [4.78, 5) is 11.5. The van der Waals surface area contributed by atoms with Gasteiger partial charge in [-0.25, -0.2) is 13.8 Å². The van der Waals surface area contributed by atoms with Crippen molar-refractivity contribution in [3.05, 3.63) is 71.3 Å². The van der Waals surface area contributed by atoms with Gasteiger partial charge in [-0.15, -0.1) is 0 Å². The van der Waals surface area contributed by atoms with Gasteiger partial charge in [0.05, 0.1) is 30.5 Å². The summed E-state index contributed by atoms with van der Waals surface area (Å²) < 4.78 is 41.8. The molecule has 34 heavy (non-hydrogen) atoms. The van der Waals surface area contributed by atoms with Crippen molar-refractivity contribution < 1.29 is 23.1 Å². The molecule has 2 aromatic carbocycles. The number of halogens is 2. The van der Waals surface area contributed by atoms with Gasteiger partial charge in [-0.2, -0.15) is 0 Å². The van der Waals surface area contributed by atoms with Crippen LogP contribution in [0.2, 0.25) is 0 Å². The number of imidazole rings is 1. The molecule has 0 unspecified atom stereocenters. The van der Waals surface area contributed by atoms with Crippen LogP contribution in [0.4, 0.5) is 14.5 Å². The van der Waals surface area contributed by atoms with Gasteiger partial charge in [0, 0.05) is 24.9 Å². The van der Waals surface area contributed by atoms with Crippen molar-refractivity contribution >= 4 is 17.6 Å². The summed E-state index contributed by atoms with van der Waals surface area (Å²) in [6.07, 6.45) is 7.17. The maximum absolute atomic E-state index is 14.5. The van der Waals surface area contributed by atoms with Crippen molar-refractivity contribution in [3.63, 3.8) is 0 Å². The molecule has 3 heterocycles. The Morgan fingerprint density at radius 1 is 1.12 bits per heavy atom. The van der Waals surface area contributed by atoms with Crippen LogP contribution in [0.1, 0.15) is 24.1 Å². The number of fused-ring (bicyclic) bond motifs is 3. The van der Waals surface area contributed by atoms with Crippen LogP contribution in [-0.2, 0) is 4.84 Å². The topological polar surface area (TPSA) is 61.1 Å². The van der Waals surface area contributed by atoms with Gasteiger partial charge in [0.1, 0.15) is 18.2 Å². The van der Waals surface area contributed by atoms with Crippen molar-refractivity contribution in [2.45, 2.75) is 19.8 Å². The molecule has 7 nitrogen and oxygen atoms in total. The van der Waals surface area contributed by atoms with E-state index in [0.717, 1.165) is 41.4 Å². The Kier molecular flexibility index (Phi) is 5.91. The van der Waals surface area contributed by atoms with Crippen LogP contribution in [0.3, 0.4) is 0 Å². The zero-order valence-corrected chi connectivity index (χ0v) is 18.9. The number of hydrogen-bond acceptors (Lipinski definition) is 6. The second-order valence-corrected chi connectivity index (χ2v) is 8.11. The van der Waals surface area contributed by atoms with Gasteiger partial charge in [0.15, 0.2) is 24.0 Å². The van der Waals surface area contributed by atoms with Crippen molar-refractivity contribution in [2.24, 2.45) is 5.16 Å². The molecule has 3 aromatic rings. The average molecular weight is 466 g/mol. The highest BCUT2D eigenvalue weighted by Gasteiger charge is 2.29. The molecular formula is C25H24F2N4O3. The number of amidine groups is 1. The molecular weight excluding hydrogens is 442 g/mol. The standard InChI is InChI=1S/C25H24F2N4O3/c1-16-14-30(15-28-16)21-6-5-17(11-23(21)32-2)10-18-4-3-7-31-22-13-19(26)12-20(27)24(22)33-8-9-34-29-25(18)31/h5-6,10-15H,3-4,7-9H2,1-2H3/b18-10+,29-25-. The number of anilines is 1. The molecule has 5 rings (SSSR count). The van der Waals surface area contributed by atoms with E-state index in [1.807, 2.05) is 42.0 Å². The number of hydrogen-bond donors (Lipinski definition) is 0. The molecule has 0 bridgehead atoms. The first-order valence-electron chi connectivity index (χ1n) is 11.0. The molecule has 1 saturated heterocycles. The van der Waals surface area contributed by atoms with Gasteiger partial charge in [-0.05, 0) is 49.1 Å². The summed E-state index contributed by atoms with van der Waals surface area (Å²) in [5.74, 6) is -0.221.